The van der Waals surface area contributed by atoms with Crippen molar-refractivity contribution in [1.29, 1.82) is 0 Å². The highest BCUT2D eigenvalue weighted by Gasteiger charge is 2.26. The Morgan fingerprint density at radius 1 is 1.29 bits per heavy atom. The molecule has 3 rings (SSSR count). The standard InChI is InChI=1S/C21H29N5O2/c1-4-5-10-19-23-17-8-6-7-9-18(17)26(19)16(2)21(28)25(13-14-27)15-20-22-11-12-24(20)3/h6-9,11-12,16,27H,4-5,10,13-15H2,1-3H3. The Bertz CT molecular complexity index is 930. The van der Waals surface area contributed by atoms with Crippen LogP contribution in [0.1, 0.15) is 44.4 Å². The van der Waals surface area contributed by atoms with Crippen molar-refractivity contribution in [1.82, 2.24) is 24.0 Å². The summed E-state index contributed by atoms with van der Waals surface area (Å²) in [7, 11) is 1.90. The number of aromatic nitrogens is 4. The van der Waals surface area contributed by atoms with Gasteiger partial charge in [-0.1, -0.05) is 25.5 Å². The van der Waals surface area contributed by atoms with E-state index in [1.165, 1.54) is 0 Å². The average molecular weight is 383 g/mol. The van der Waals surface area contributed by atoms with Crippen LogP contribution in [0.3, 0.4) is 0 Å². The summed E-state index contributed by atoms with van der Waals surface area (Å²) in [6, 6.07) is 7.52. The molecular weight excluding hydrogens is 354 g/mol. The summed E-state index contributed by atoms with van der Waals surface area (Å²) in [6.45, 7) is 4.61. The molecule has 3 aromatic rings. The summed E-state index contributed by atoms with van der Waals surface area (Å²) >= 11 is 0. The van der Waals surface area contributed by atoms with Gasteiger partial charge in [0.05, 0.1) is 24.2 Å². The van der Waals surface area contributed by atoms with Crippen molar-refractivity contribution < 1.29 is 9.90 Å². The molecular formula is C21H29N5O2. The molecule has 0 fully saturated rings. The third kappa shape index (κ3) is 4.09. The van der Waals surface area contributed by atoms with Gasteiger partial charge in [-0.15, -0.1) is 0 Å². The van der Waals surface area contributed by atoms with Crippen LogP contribution in [0.5, 0.6) is 0 Å². The molecule has 1 atom stereocenters. The summed E-state index contributed by atoms with van der Waals surface area (Å²) in [5.74, 6) is 1.68. The summed E-state index contributed by atoms with van der Waals surface area (Å²) in [6.07, 6.45) is 6.50. The number of amides is 1. The number of aliphatic hydroxyl groups is 1. The van der Waals surface area contributed by atoms with Gasteiger partial charge in [0.15, 0.2) is 0 Å². The number of nitrogens with zero attached hydrogens (tertiary/aromatic N) is 5. The molecule has 0 saturated heterocycles. The lowest BCUT2D eigenvalue weighted by Gasteiger charge is -2.26. The second-order valence-corrected chi connectivity index (χ2v) is 7.10. The molecule has 0 bridgehead atoms. The van der Waals surface area contributed by atoms with E-state index in [-0.39, 0.29) is 19.1 Å². The molecule has 1 N–H and O–H groups in total. The van der Waals surface area contributed by atoms with Crippen molar-refractivity contribution >= 4 is 16.9 Å². The highest BCUT2D eigenvalue weighted by molar-refractivity contribution is 5.84. The van der Waals surface area contributed by atoms with Crippen molar-refractivity contribution in [2.45, 2.75) is 45.7 Å². The number of benzene rings is 1. The van der Waals surface area contributed by atoms with Crippen molar-refractivity contribution in [3.63, 3.8) is 0 Å². The molecule has 0 saturated carbocycles. The number of para-hydroxylation sites is 2. The van der Waals surface area contributed by atoms with E-state index >= 15 is 0 Å². The van der Waals surface area contributed by atoms with Crippen molar-refractivity contribution in [3.8, 4) is 0 Å². The maximum atomic E-state index is 13.4. The van der Waals surface area contributed by atoms with Gasteiger partial charge in [-0.05, 0) is 25.5 Å². The highest BCUT2D eigenvalue weighted by Crippen LogP contribution is 2.24. The molecule has 28 heavy (non-hydrogen) atoms. The Hall–Kier alpha value is -2.67. The van der Waals surface area contributed by atoms with E-state index in [0.717, 1.165) is 41.9 Å². The molecule has 7 heteroatoms. The first kappa shape index (κ1) is 20.1. The Labute approximate surface area is 165 Å². The maximum Gasteiger partial charge on any atom is 0.245 e. The maximum absolute atomic E-state index is 13.4. The fourth-order valence-electron chi connectivity index (χ4n) is 3.52. The number of aryl methyl sites for hydroxylation is 2. The van der Waals surface area contributed by atoms with Gasteiger partial charge in [0.1, 0.15) is 17.7 Å². The molecule has 2 aromatic heterocycles. The van der Waals surface area contributed by atoms with E-state index in [1.807, 2.05) is 49.0 Å². The normalized spacial score (nSPS) is 12.4. The Kier molecular flexibility index (Phi) is 6.46. The minimum atomic E-state index is -0.411. The quantitative estimate of drug-likeness (QED) is 0.616. The van der Waals surface area contributed by atoms with Gasteiger partial charge >= 0.3 is 0 Å². The monoisotopic (exact) mass is 383 g/mol. The number of unbranched alkanes of at least 4 members (excludes halogenated alkanes) is 1. The zero-order valence-electron chi connectivity index (χ0n) is 16.9. The second-order valence-electron chi connectivity index (χ2n) is 7.10. The van der Waals surface area contributed by atoms with Crippen LogP contribution < -0.4 is 0 Å². The third-order valence-corrected chi connectivity index (χ3v) is 5.10. The van der Waals surface area contributed by atoms with Gasteiger partial charge in [-0.3, -0.25) is 4.79 Å². The van der Waals surface area contributed by atoms with E-state index in [2.05, 4.69) is 16.5 Å². The van der Waals surface area contributed by atoms with Crippen LogP contribution in [0.15, 0.2) is 36.7 Å². The van der Waals surface area contributed by atoms with E-state index in [1.54, 1.807) is 11.1 Å². The number of carbonyl (C=O) groups is 1. The van der Waals surface area contributed by atoms with Crippen LogP contribution >= 0.6 is 0 Å². The molecule has 150 valence electrons. The topological polar surface area (TPSA) is 76.2 Å². The number of aliphatic hydroxyl groups excluding tert-OH is 1. The predicted molar refractivity (Wildman–Crippen MR) is 109 cm³/mol. The first-order valence-corrected chi connectivity index (χ1v) is 9.88. The van der Waals surface area contributed by atoms with Crippen LogP contribution in [-0.2, 0) is 24.8 Å². The fraction of sp³-hybridized carbons (Fsp3) is 0.476. The smallest absolute Gasteiger partial charge is 0.245 e. The Morgan fingerprint density at radius 2 is 2.07 bits per heavy atom. The third-order valence-electron chi connectivity index (χ3n) is 5.10. The Morgan fingerprint density at radius 3 is 2.75 bits per heavy atom. The summed E-state index contributed by atoms with van der Waals surface area (Å²) in [5, 5.41) is 9.50. The molecule has 2 heterocycles. The molecule has 1 aromatic carbocycles. The highest BCUT2D eigenvalue weighted by atomic mass is 16.3. The molecule has 0 aliphatic carbocycles. The van der Waals surface area contributed by atoms with E-state index in [0.29, 0.717) is 6.54 Å². The molecule has 0 aliphatic heterocycles. The summed E-state index contributed by atoms with van der Waals surface area (Å²) in [5.41, 5.74) is 1.88. The van der Waals surface area contributed by atoms with Gasteiger partial charge < -0.3 is 19.1 Å². The van der Waals surface area contributed by atoms with Crippen molar-refractivity contribution in [2.75, 3.05) is 13.2 Å². The van der Waals surface area contributed by atoms with Gasteiger partial charge in [0, 0.05) is 32.4 Å². The SMILES string of the molecule is CCCCc1nc2ccccc2n1C(C)C(=O)N(CCO)Cc1nccn1C. The van der Waals surface area contributed by atoms with Crippen LogP contribution in [0, 0.1) is 0 Å². The van der Waals surface area contributed by atoms with E-state index < -0.39 is 6.04 Å². The number of carbonyl (C=O) groups excluding carboxylic acids is 1. The fourth-order valence-corrected chi connectivity index (χ4v) is 3.52. The first-order chi connectivity index (χ1) is 13.6. The average Bonchev–Trinajstić information content (AvgIpc) is 3.27. The van der Waals surface area contributed by atoms with Crippen LogP contribution in [0.4, 0.5) is 0 Å². The van der Waals surface area contributed by atoms with Gasteiger partial charge in [0.2, 0.25) is 5.91 Å². The summed E-state index contributed by atoms with van der Waals surface area (Å²) in [4.78, 5) is 24.1. The number of hydrogen-bond donors (Lipinski definition) is 1. The van der Waals surface area contributed by atoms with Crippen LogP contribution in [0.25, 0.3) is 11.0 Å². The van der Waals surface area contributed by atoms with E-state index in [4.69, 9.17) is 4.98 Å². The Balaban J connectivity index is 1.93. The zero-order valence-corrected chi connectivity index (χ0v) is 16.9. The van der Waals surface area contributed by atoms with Crippen molar-refractivity contribution in [3.05, 3.63) is 48.3 Å². The molecule has 0 radical (unpaired) electrons. The largest absolute Gasteiger partial charge is 0.395 e. The van der Waals surface area contributed by atoms with Crippen LogP contribution in [0.2, 0.25) is 0 Å². The molecule has 1 unspecified atom stereocenters. The molecule has 0 aliphatic rings. The lowest BCUT2D eigenvalue weighted by molar-refractivity contribution is -0.135. The first-order valence-electron chi connectivity index (χ1n) is 9.88. The van der Waals surface area contributed by atoms with Crippen LogP contribution in [-0.4, -0.2) is 48.2 Å². The lowest BCUT2D eigenvalue weighted by Crippen LogP contribution is -2.38. The number of rotatable bonds is 9. The summed E-state index contributed by atoms with van der Waals surface area (Å²) < 4.78 is 3.94. The zero-order chi connectivity index (χ0) is 20.1. The van der Waals surface area contributed by atoms with Gasteiger partial charge in [-0.25, -0.2) is 9.97 Å². The minimum absolute atomic E-state index is 0.0436. The molecule has 0 spiro atoms. The molecule has 1 amide bonds. The number of hydrogen-bond acceptors (Lipinski definition) is 4. The van der Waals surface area contributed by atoms with Crippen molar-refractivity contribution in [2.24, 2.45) is 7.05 Å². The number of imidazole rings is 2. The predicted octanol–water partition coefficient (Wildman–Crippen LogP) is 2.69. The van der Waals surface area contributed by atoms with Gasteiger partial charge in [0.25, 0.3) is 0 Å². The van der Waals surface area contributed by atoms with Gasteiger partial charge in [-0.2, -0.15) is 0 Å². The molecule has 7 nitrogen and oxygen atoms in total. The second kappa shape index (κ2) is 9.01. The number of fused-ring (bicyclic) bond motifs is 1. The lowest BCUT2D eigenvalue weighted by atomic mass is 10.2. The minimum Gasteiger partial charge on any atom is -0.395 e. The van der Waals surface area contributed by atoms with E-state index in [9.17, 15) is 9.90 Å².